The zero-order chi connectivity index (χ0) is 19.2. The lowest BCUT2D eigenvalue weighted by molar-refractivity contribution is -0.116. The maximum absolute atomic E-state index is 13.1. The van der Waals surface area contributed by atoms with Crippen LogP contribution < -0.4 is 10.1 Å². The third-order valence-corrected chi connectivity index (χ3v) is 4.30. The molecule has 0 bridgehead atoms. The van der Waals surface area contributed by atoms with E-state index in [2.05, 4.69) is 5.32 Å². The number of carbonyl (C=O) groups excluding carboxylic acids is 1. The van der Waals surface area contributed by atoms with E-state index in [1.807, 2.05) is 86.7 Å². The van der Waals surface area contributed by atoms with Crippen LogP contribution >= 0.6 is 0 Å². The van der Waals surface area contributed by atoms with E-state index in [9.17, 15) is 4.79 Å². The van der Waals surface area contributed by atoms with E-state index in [1.165, 1.54) is 0 Å². The second-order valence-corrected chi connectivity index (χ2v) is 6.31. The Balaban J connectivity index is 1.95. The first-order chi connectivity index (χ1) is 13.1. The number of nitrogens with one attached hydrogen (secondary N) is 1. The maximum Gasteiger partial charge on any atom is 0.252 e. The minimum absolute atomic E-state index is 0.173. The van der Waals surface area contributed by atoms with Crippen LogP contribution in [-0.4, -0.2) is 13.0 Å². The molecule has 1 atom stereocenters. The number of hydrogen-bond acceptors (Lipinski definition) is 3. The molecule has 1 heterocycles. The highest BCUT2D eigenvalue weighted by Crippen LogP contribution is 2.26. The van der Waals surface area contributed by atoms with Gasteiger partial charge in [0.15, 0.2) is 0 Å². The molecule has 0 spiro atoms. The van der Waals surface area contributed by atoms with Gasteiger partial charge in [-0.05, 0) is 43.7 Å². The van der Waals surface area contributed by atoms with Gasteiger partial charge in [0.25, 0.3) is 5.91 Å². The first-order valence-corrected chi connectivity index (χ1v) is 8.86. The van der Waals surface area contributed by atoms with Gasteiger partial charge in [-0.25, -0.2) is 0 Å². The third-order valence-electron chi connectivity index (χ3n) is 4.30. The van der Waals surface area contributed by atoms with Gasteiger partial charge in [-0.2, -0.15) is 0 Å². The molecule has 1 N–H and O–H groups in total. The molecule has 4 nitrogen and oxygen atoms in total. The summed E-state index contributed by atoms with van der Waals surface area (Å²) in [5, 5.41) is 3.02. The summed E-state index contributed by atoms with van der Waals surface area (Å²) >= 11 is 0. The van der Waals surface area contributed by atoms with E-state index in [0.29, 0.717) is 11.3 Å². The Morgan fingerprint density at radius 3 is 2.41 bits per heavy atom. The van der Waals surface area contributed by atoms with Gasteiger partial charge in [0.05, 0.1) is 13.2 Å². The van der Waals surface area contributed by atoms with Gasteiger partial charge in [0, 0.05) is 11.1 Å². The first-order valence-electron chi connectivity index (χ1n) is 8.86. The number of benzene rings is 2. The molecule has 1 amide bonds. The van der Waals surface area contributed by atoms with Crippen LogP contribution in [0.3, 0.4) is 0 Å². The summed E-state index contributed by atoms with van der Waals surface area (Å²) in [6.45, 7) is 3.79. The Labute approximate surface area is 159 Å². The van der Waals surface area contributed by atoms with Gasteiger partial charge >= 0.3 is 0 Å². The number of rotatable bonds is 6. The molecule has 1 unspecified atom stereocenters. The molecule has 1 aromatic heterocycles. The average Bonchev–Trinajstić information content (AvgIpc) is 3.13. The minimum Gasteiger partial charge on any atom is -0.496 e. The smallest absolute Gasteiger partial charge is 0.252 e. The lowest BCUT2D eigenvalue weighted by Crippen LogP contribution is -2.27. The standard InChI is InChI=1S/C23H23NO3/c1-16-13-14-21(27-16)17(2)24-23(25)20(18-9-5-4-6-10-18)15-19-11-7-8-12-22(19)26-3/h4-15,17H,1-3H3,(H,24,25)/b20-15+. The van der Waals surface area contributed by atoms with Crippen LogP contribution in [0.1, 0.15) is 35.6 Å². The van der Waals surface area contributed by atoms with E-state index in [-0.39, 0.29) is 11.9 Å². The monoisotopic (exact) mass is 361 g/mol. The summed E-state index contributed by atoms with van der Waals surface area (Å²) in [6, 6.07) is 20.7. The number of methoxy groups -OCH3 is 1. The van der Waals surface area contributed by atoms with E-state index >= 15 is 0 Å². The molecule has 0 aliphatic heterocycles. The van der Waals surface area contributed by atoms with Crippen molar-refractivity contribution in [1.82, 2.24) is 5.32 Å². The fraction of sp³-hybridized carbons (Fsp3) is 0.174. The second kappa shape index (κ2) is 8.41. The van der Waals surface area contributed by atoms with Crippen molar-refractivity contribution in [3.8, 4) is 5.75 Å². The Morgan fingerprint density at radius 1 is 1.04 bits per heavy atom. The average molecular weight is 361 g/mol. The third kappa shape index (κ3) is 4.47. The topological polar surface area (TPSA) is 51.5 Å². The van der Waals surface area contributed by atoms with Crippen molar-refractivity contribution in [3.63, 3.8) is 0 Å². The van der Waals surface area contributed by atoms with E-state index in [0.717, 1.165) is 22.6 Å². The molecular formula is C23H23NO3. The summed E-state index contributed by atoms with van der Waals surface area (Å²) in [4.78, 5) is 13.1. The highest BCUT2D eigenvalue weighted by atomic mass is 16.5. The number of aryl methyl sites for hydroxylation is 1. The molecule has 27 heavy (non-hydrogen) atoms. The molecule has 2 aromatic carbocycles. The van der Waals surface area contributed by atoms with Crippen LogP contribution in [0.2, 0.25) is 0 Å². The Morgan fingerprint density at radius 2 is 1.74 bits per heavy atom. The van der Waals surface area contributed by atoms with Gasteiger partial charge in [0.2, 0.25) is 0 Å². The van der Waals surface area contributed by atoms with Crippen LogP contribution in [0.15, 0.2) is 71.1 Å². The van der Waals surface area contributed by atoms with Gasteiger partial charge in [0.1, 0.15) is 17.3 Å². The Bertz CT molecular complexity index is 941. The van der Waals surface area contributed by atoms with Crippen LogP contribution in [0.4, 0.5) is 0 Å². The number of amides is 1. The van der Waals surface area contributed by atoms with Gasteiger partial charge in [-0.1, -0.05) is 48.5 Å². The predicted molar refractivity (Wildman–Crippen MR) is 107 cm³/mol. The minimum atomic E-state index is -0.240. The molecule has 0 radical (unpaired) electrons. The largest absolute Gasteiger partial charge is 0.496 e. The van der Waals surface area contributed by atoms with E-state index in [1.54, 1.807) is 7.11 Å². The fourth-order valence-corrected chi connectivity index (χ4v) is 2.87. The molecule has 4 heteroatoms. The molecular weight excluding hydrogens is 338 g/mol. The molecule has 0 saturated heterocycles. The first kappa shape index (κ1) is 18.5. The fourth-order valence-electron chi connectivity index (χ4n) is 2.87. The van der Waals surface area contributed by atoms with Crippen molar-refractivity contribution in [3.05, 3.63) is 89.4 Å². The Hall–Kier alpha value is -3.27. The Kier molecular flexibility index (Phi) is 5.77. The van der Waals surface area contributed by atoms with Crippen LogP contribution in [-0.2, 0) is 4.79 Å². The molecule has 3 rings (SSSR count). The maximum atomic E-state index is 13.1. The highest BCUT2D eigenvalue weighted by Gasteiger charge is 2.18. The summed E-state index contributed by atoms with van der Waals surface area (Å²) in [6.07, 6.45) is 1.85. The summed E-state index contributed by atoms with van der Waals surface area (Å²) in [7, 11) is 1.62. The van der Waals surface area contributed by atoms with Crippen molar-refractivity contribution >= 4 is 17.6 Å². The van der Waals surface area contributed by atoms with Gasteiger partial charge < -0.3 is 14.5 Å². The normalized spacial score (nSPS) is 12.5. The molecule has 3 aromatic rings. The molecule has 0 aliphatic rings. The summed E-state index contributed by atoms with van der Waals surface area (Å²) in [5.41, 5.74) is 2.24. The van der Waals surface area contributed by atoms with Crippen molar-refractivity contribution in [2.45, 2.75) is 19.9 Å². The lowest BCUT2D eigenvalue weighted by Gasteiger charge is -2.15. The van der Waals surface area contributed by atoms with Crippen LogP contribution in [0, 0.1) is 6.92 Å². The van der Waals surface area contributed by atoms with Crippen molar-refractivity contribution in [1.29, 1.82) is 0 Å². The molecule has 0 fully saturated rings. The molecule has 0 saturated carbocycles. The number of carbonyl (C=O) groups is 1. The van der Waals surface area contributed by atoms with Crippen LogP contribution in [0.25, 0.3) is 11.6 Å². The van der Waals surface area contributed by atoms with E-state index in [4.69, 9.17) is 9.15 Å². The van der Waals surface area contributed by atoms with Crippen LogP contribution in [0.5, 0.6) is 5.75 Å². The number of para-hydroxylation sites is 1. The second-order valence-electron chi connectivity index (χ2n) is 6.31. The van der Waals surface area contributed by atoms with Crippen molar-refractivity contribution < 1.29 is 13.9 Å². The molecule has 138 valence electrons. The quantitative estimate of drug-likeness (QED) is 0.496. The SMILES string of the molecule is COc1ccccc1/C=C(/C(=O)NC(C)c1ccc(C)o1)c1ccccc1. The van der Waals surface area contributed by atoms with Crippen molar-refractivity contribution in [2.24, 2.45) is 0 Å². The zero-order valence-electron chi connectivity index (χ0n) is 15.7. The summed E-state index contributed by atoms with van der Waals surface area (Å²) < 4.78 is 11.1. The van der Waals surface area contributed by atoms with E-state index < -0.39 is 0 Å². The highest BCUT2D eigenvalue weighted by molar-refractivity contribution is 6.24. The number of ether oxygens (including phenoxy) is 1. The zero-order valence-corrected chi connectivity index (χ0v) is 15.7. The summed E-state index contributed by atoms with van der Waals surface area (Å²) in [5.74, 6) is 2.09. The number of hydrogen-bond donors (Lipinski definition) is 1. The van der Waals surface area contributed by atoms with Gasteiger partial charge in [-0.3, -0.25) is 4.79 Å². The lowest BCUT2D eigenvalue weighted by atomic mass is 10.0. The van der Waals surface area contributed by atoms with Crippen molar-refractivity contribution in [2.75, 3.05) is 7.11 Å². The molecule has 0 aliphatic carbocycles. The number of furan rings is 1. The van der Waals surface area contributed by atoms with Gasteiger partial charge in [-0.15, -0.1) is 0 Å². The predicted octanol–water partition coefficient (Wildman–Crippen LogP) is 5.01.